The van der Waals surface area contributed by atoms with Crippen molar-refractivity contribution in [2.45, 2.75) is 53.1 Å². The van der Waals surface area contributed by atoms with Crippen LogP contribution in [0.25, 0.3) is 0 Å². The molecule has 15 heavy (non-hydrogen) atoms. The topological polar surface area (TPSA) is 25.2 Å². The number of hydrogen-bond acceptors (Lipinski definition) is 2. The molecule has 0 saturated carbocycles. The molecule has 1 heterocycles. The monoisotopic (exact) mass is 209 g/mol. The molecule has 1 N–H and O–H groups in total. The van der Waals surface area contributed by atoms with Crippen LogP contribution in [-0.4, -0.2) is 6.04 Å². The van der Waals surface area contributed by atoms with Gasteiger partial charge in [0.2, 0.25) is 0 Å². The average molecular weight is 209 g/mol. The van der Waals surface area contributed by atoms with Crippen LogP contribution >= 0.6 is 0 Å². The molecule has 0 aliphatic carbocycles. The van der Waals surface area contributed by atoms with Crippen molar-refractivity contribution in [3.63, 3.8) is 0 Å². The van der Waals surface area contributed by atoms with Gasteiger partial charge in [-0.1, -0.05) is 13.8 Å². The first-order valence-electron chi connectivity index (χ1n) is 5.81. The Bertz CT molecular complexity index is 290. The Hall–Kier alpha value is -0.760. The minimum Gasteiger partial charge on any atom is -0.465 e. The Morgan fingerprint density at radius 2 is 1.87 bits per heavy atom. The van der Waals surface area contributed by atoms with E-state index in [1.807, 2.05) is 13.0 Å². The van der Waals surface area contributed by atoms with E-state index in [9.17, 15) is 0 Å². The molecule has 1 aromatic rings. The molecule has 0 aliphatic rings. The molecule has 2 heteroatoms. The van der Waals surface area contributed by atoms with Crippen molar-refractivity contribution >= 4 is 0 Å². The molecule has 0 amide bonds. The van der Waals surface area contributed by atoms with Crippen LogP contribution in [0.2, 0.25) is 0 Å². The van der Waals surface area contributed by atoms with Crippen LogP contribution in [0.5, 0.6) is 0 Å². The molecular weight excluding hydrogens is 186 g/mol. The molecule has 86 valence electrons. The summed E-state index contributed by atoms with van der Waals surface area (Å²) in [6, 6.07) is 4.90. The normalized spacial score (nSPS) is 15.6. The maximum Gasteiger partial charge on any atom is 0.120 e. The van der Waals surface area contributed by atoms with E-state index in [2.05, 4.69) is 39.1 Å². The smallest absolute Gasteiger partial charge is 0.120 e. The van der Waals surface area contributed by atoms with E-state index in [-0.39, 0.29) is 0 Å². The van der Waals surface area contributed by atoms with Gasteiger partial charge in [0.1, 0.15) is 11.5 Å². The van der Waals surface area contributed by atoms with E-state index in [1.165, 1.54) is 6.42 Å². The van der Waals surface area contributed by atoms with Crippen molar-refractivity contribution in [1.82, 2.24) is 5.32 Å². The Morgan fingerprint density at radius 1 is 1.20 bits per heavy atom. The summed E-state index contributed by atoms with van der Waals surface area (Å²) < 4.78 is 5.59. The van der Waals surface area contributed by atoms with Gasteiger partial charge in [0.25, 0.3) is 0 Å². The third kappa shape index (κ3) is 4.08. The van der Waals surface area contributed by atoms with Crippen LogP contribution in [0.4, 0.5) is 0 Å². The molecule has 0 bridgehead atoms. The van der Waals surface area contributed by atoms with Crippen LogP contribution in [0, 0.1) is 12.8 Å². The molecule has 0 aromatic carbocycles. The first kappa shape index (κ1) is 12.3. The summed E-state index contributed by atoms with van der Waals surface area (Å²) in [5, 5.41) is 3.55. The van der Waals surface area contributed by atoms with Crippen LogP contribution in [0.3, 0.4) is 0 Å². The summed E-state index contributed by atoms with van der Waals surface area (Å²) in [5.74, 6) is 2.75. The van der Waals surface area contributed by atoms with Crippen LogP contribution < -0.4 is 5.32 Å². The van der Waals surface area contributed by atoms with Gasteiger partial charge in [-0.2, -0.15) is 0 Å². The molecule has 2 unspecified atom stereocenters. The fourth-order valence-electron chi connectivity index (χ4n) is 1.97. The van der Waals surface area contributed by atoms with Crippen molar-refractivity contribution in [1.29, 1.82) is 0 Å². The number of rotatable bonds is 5. The Labute approximate surface area is 93.1 Å². The van der Waals surface area contributed by atoms with E-state index in [0.717, 1.165) is 17.4 Å². The lowest BCUT2D eigenvalue weighted by Crippen LogP contribution is -2.29. The first-order chi connectivity index (χ1) is 6.99. The van der Waals surface area contributed by atoms with Crippen LogP contribution in [0.15, 0.2) is 16.5 Å². The Morgan fingerprint density at radius 3 is 2.33 bits per heavy atom. The highest BCUT2D eigenvalue weighted by atomic mass is 16.3. The summed E-state index contributed by atoms with van der Waals surface area (Å²) in [6.07, 6.45) is 1.20. The summed E-state index contributed by atoms with van der Waals surface area (Å²) in [7, 11) is 0. The highest BCUT2D eigenvalue weighted by molar-refractivity contribution is 5.09. The zero-order valence-electron chi connectivity index (χ0n) is 10.5. The molecule has 0 radical (unpaired) electrons. The average Bonchev–Trinajstić information content (AvgIpc) is 2.49. The molecule has 1 aromatic heterocycles. The Balaban J connectivity index is 2.45. The Kier molecular flexibility index (Phi) is 4.40. The lowest BCUT2D eigenvalue weighted by atomic mass is 10.0. The van der Waals surface area contributed by atoms with Crippen molar-refractivity contribution < 1.29 is 4.42 Å². The summed E-state index contributed by atoms with van der Waals surface area (Å²) in [6.45, 7) is 10.9. The zero-order chi connectivity index (χ0) is 11.4. The summed E-state index contributed by atoms with van der Waals surface area (Å²) >= 11 is 0. The van der Waals surface area contributed by atoms with Gasteiger partial charge in [0.15, 0.2) is 0 Å². The van der Waals surface area contributed by atoms with E-state index in [0.29, 0.717) is 12.1 Å². The number of aryl methyl sites for hydroxylation is 1. The van der Waals surface area contributed by atoms with E-state index >= 15 is 0 Å². The third-order valence-electron chi connectivity index (χ3n) is 2.55. The number of furan rings is 1. The molecule has 2 nitrogen and oxygen atoms in total. The van der Waals surface area contributed by atoms with Crippen molar-refractivity contribution in [2.75, 3.05) is 0 Å². The second kappa shape index (κ2) is 5.36. The molecule has 0 fully saturated rings. The van der Waals surface area contributed by atoms with Crippen molar-refractivity contribution in [3.8, 4) is 0 Å². The quantitative estimate of drug-likeness (QED) is 0.800. The van der Waals surface area contributed by atoms with Crippen LogP contribution in [0.1, 0.15) is 51.7 Å². The maximum absolute atomic E-state index is 5.59. The van der Waals surface area contributed by atoms with Gasteiger partial charge < -0.3 is 9.73 Å². The fraction of sp³-hybridized carbons (Fsp3) is 0.692. The first-order valence-corrected chi connectivity index (χ1v) is 5.81. The number of hydrogen-bond donors (Lipinski definition) is 1. The van der Waals surface area contributed by atoms with Gasteiger partial charge >= 0.3 is 0 Å². The van der Waals surface area contributed by atoms with Gasteiger partial charge in [-0.05, 0) is 45.2 Å². The predicted molar refractivity (Wildman–Crippen MR) is 63.9 cm³/mol. The van der Waals surface area contributed by atoms with Crippen molar-refractivity contribution in [2.24, 2.45) is 5.92 Å². The van der Waals surface area contributed by atoms with E-state index < -0.39 is 0 Å². The third-order valence-corrected chi connectivity index (χ3v) is 2.55. The lowest BCUT2D eigenvalue weighted by Gasteiger charge is -2.20. The molecule has 0 spiro atoms. The SMILES string of the molecule is Cc1ccc(C(C)NC(C)CC(C)C)o1. The van der Waals surface area contributed by atoms with Crippen molar-refractivity contribution in [3.05, 3.63) is 23.7 Å². The lowest BCUT2D eigenvalue weighted by molar-refractivity contribution is 0.360. The van der Waals surface area contributed by atoms with Gasteiger partial charge in [0.05, 0.1) is 6.04 Å². The molecule has 1 rings (SSSR count). The molecule has 0 aliphatic heterocycles. The highest BCUT2D eigenvalue weighted by Gasteiger charge is 2.13. The second-order valence-electron chi connectivity index (χ2n) is 4.87. The minimum atomic E-state index is 0.299. The largest absolute Gasteiger partial charge is 0.465 e. The molecule has 0 saturated heterocycles. The second-order valence-corrected chi connectivity index (χ2v) is 4.87. The molecular formula is C13H23NO. The summed E-state index contributed by atoms with van der Waals surface area (Å²) in [4.78, 5) is 0. The van der Waals surface area contributed by atoms with E-state index in [1.54, 1.807) is 0 Å². The van der Waals surface area contributed by atoms with Crippen LogP contribution in [-0.2, 0) is 0 Å². The molecule has 2 atom stereocenters. The minimum absolute atomic E-state index is 0.299. The predicted octanol–water partition coefficient (Wildman–Crippen LogP) is 3.67. The van der Waals surface area contributed by atoms with E-state index in [4.69, 9.17) is 4.42 Å². The van der Waals surface area contributed by atoms with Gasteiger partial charge in [-0.15, -0.1) is 0 Å². The maximum atomic E-state index is 5.59. The summed E-state index contributed by atoms with van der Waals surface area (Å²) in [5.41, 5.74) is 0. The standard InChI is InChI=1S/C13H23NO/c1-9(2)8-10(3)14-12(5)13-7-6-11(4)15-13/h6-7,9-10,12,14H,8H2,1-5H3. The zero-order valence-corrected chi connectivity index (χ0v) is 10.5. The number of nitrogens with one attached hydrogen (secondary N) is 1. The fourth-order valence-corrected chi connectivity index (χ4v) is 1.97. The van der Waals surface area contributed by atoms with Gasteiger partial charge in [0, 0.05) is 6.04 Å². The highest BCUT2D eigenvalue weighted by Crippen LogP contribution is 2.17. The van der Waals surface area contributed by atoms with Gasteiger partial charge in [-0.25, -0.2) is 0 Å². The van der Waals surface area contributed by atoms with Gasteiger partial charge in [-0.3, -0.25) is 0 Å².